The molecule has 0 atom stereocenters. The molecule has 1 heterocycles. The zero-order chi connectivity index (χ0) is 12.8. The third-order valence-corrected chi connectivity index (χ3v) is 3.67. The minimum absolute atomic E-state index is 0.0961. The fourth-order valence-corrected chi connectivity index (χ4v) is 2.53. The van der Waals surface area contributed by atoms with E-state index in [-0.39, 0.29) is 11.8 Å². The van der Waals surface area contributed by atoms with Gasteiger partial charge in [0.05, 0.1) is 0 Å². The van der Waals surface area contributed by atoms with Crippen LogP contribution in [0.25, 0.3) is 0 Å². The Balaban J connectivity index is 1.65. The molecule has 0 aliphatic heterocycles. The van der Waals surface area contributed by atoms with E-state index in [4.69, 9.17) is 5.73 Å². The van der Waals surface area contributed by atoms with Crippen molar-refractivity contribution in [3.8, 4) is 0 Å². The molecule has 98 valence electrons. The number of amides is 1. The lowest BCUT2D eigenvalue weighted by atomic mass is 9.85. The van der Waals surface area contributed by atoms with Gasteiger partial charge < -0.3 is 11.1 Å². The lowest BCUT2D eigenvalue weighted by Gasteiger charge is -2.27. The molecule has 4 heteroatoms. The maximum Gasteiger partial charge on any atom is 0.220 e. The van der Waals surface area contributed by atoms with Crippen molar-refractivity contribution >= 4 is 5.91 Å². The molecule has 2 rings (SSSR count). The van der Waals surface area contributed by atoms with Crippen molar-refractivity contribution in [1.82, 2.24) is 10.3 Å². The number of primary amides is 1. The first-order valence-corrected chi connectivity index (χ1v) is 6.68. The highest BCUT2D eigenvalue weighted by molar-refractivity contribution is 5.76. The topological polar surface area (TPSA) is 68.0 Å². The molecule has 0 saturated heterocycles. The zero-order valence-electron chi connectivity index (χ0n) is 10.6. The van der Waals surface area contributed by atoms with Gasteiger partial charge in [-0.2, -0.15) is 0 Å². The summed E-state index contributed by atoms with van der Waals surface area (Å²) < 4.78 is 0. The second-order valence-electron chi connectivity index (χ2n) is 4.98. The van der Waals surface area contributed by atoms with Crippen LogP contribution in [-0.4, -0.2) is 23.5 Å². The first kappa shape index (κ1) is 13.0. The number of hydrogen-bond donors (Lipinski definition) is 2. The summed E-state index contributed by atoms with van der Waals surface area (Å²) >= 11 is 0. The van der Waals surface area contributed by atoms with Gasteiger partial charge in [0, 0.05) is 36.8 Å². The average molecular weight is 247 g/mol. The fraction of sp³-hybridized carbons (Fsp3) is 0.571. The van der Waals surface area contributed by atoms with Crippen LogP contribution in [0.4, 0.5) is 0 Å². The quantitative estimate of drug-likeness (QED) is 0.823. The lowest BCUT2D eigenvalue weighted by molar-refractivity contribution is -0.122. The largest absolute Gasteiger partial charge is 0.369 e. The highest BCUT2D eigenvalue weighted by Gasteiger charge is 2.23. The van der Waals surface area contributed by atoms with Crippen molar-refractivity contribution in [2.24, 2.45) is 11.7 Å². The number of pyridine rings is 1. The summed E-state index contributed by atoms with van der Waals surface area (Å²) in [6.07, 6.45) is 6.74. The molecular weight excluding hydrogens is 226 g/mol. The van der Waals surface area contributed by atoms with Crippen molar-refractivity contribution in [3.05, 3.63) is 30.1 Å². The van der Waals surface area contributed by atoms with Gasteiger partial charge in [-0.1, -0.05) is 6.07 Å². The van der Waals surface area contributed by atoms with Crippen molar-refractivity contribution in [3.63, 3.8) is 0 Å². The predicted octanol–water partition coefficient (Wildman–Crippen LogP) is 1.26. The Labute approximate surface area is 108 Å². The molecular formula is C14H21N3O. The van der Waals surface area contributed by atoms with Gasteiger partial charge in [0.1, 0.15) is 0 Å². The van der Waals surface area contributed by atoms with Crippen LogP contribution in [0, 0.1) is 5.92 Å². The van der Waals surface area contributed by atoms with Gasteiger partial charge in [0.2, 0.25) is 5.91 Å². The zero-order valence-corrected chi connectivity index (χ0v) is 10.6. The fourth-order valence-electron chi connectivity index (χ4n) is 2.53. The average Bonchev–Trinajstić information content (AvgIpc) is 2.40. The second-order valence-corrected chi connectivity index (χ2v) is 4.98. The molecule has 1 aliphatic carbocycles. The van der Waals surface area contributed by atoms with E-state index in [1.165, 1.54) is 0 Å². The Morgan fingerprint density at radius 1 is 1.33 bits per heavy atom. The van der Waals surface area contributed by atoms with Crippen LogP contribution in [0.2, 0.25) is 0 Å². The molecule has 18 heavy (non-hydrogen) atoms. The van der Waals surface area contributed by atoms with Crippen LogP contribution in [0.1, 0.15) is 31.4 Å². The Kier molecular flexibility index (Phi) is 4.70. The van der Waals surface area contributed by atoms with Crippen LogP contribution in [0.5, 0.6) is 0 Å². The molecule has 0 aromatic carbocycles. The van der Waals surface area contributed by atoms with Crippen molar-refractivity contribution in [1.29, 1.82) is 0 Å². The number of carbonyl (C=O) groups is 1. The Morgan fingerprint density at radius 3 is 2.72 bits per heavy atom. The highest BCUT2D eigenvalue weighted by atomic mass is 16.1. The molecule has 4 nitrogen and oxygen atoms in total. The maximum atomic E-state index is 11.1. The van der Waals surface area contributed by atoms with Gasteiger partial charge in [-0.05, 0) is 37.8 Å². The van der Waals surface area contributed by atoms with Gasteiger partial charge in [-0.3, -0.25) is 9.78 Å². The summed E-state index contributed by atoms with van der Waals surface area (Å²) in [5.41, 5.74) is 6.44. The Hall–Kier alpha value is -1.42. The van der Waals surface area contributed by atoms with E-state index in [1.807, 2.05) is 24.4 Å². The monoisotopic (exact) mass is 247 g/mol. The third kappa shape index (κ3) is 3.81. The van der Waals surface area contributed by atoms with Crippen LogP contribution >= 0.6 is 0 Å². The predicted molar refractivity (Wildman–Crippen MR) is 70.9 cm³/mol. The molecule has 0 unspecified atom stereocenters. The van der Waals surface area contributed by atoms with E-state index in [9.17, 15) is 4.79 Å². The first-order chi connectivity index (χ1) is 8.75. The van der Waals surface area contributed by atoms with E-state index in [0.717, 1.165) is 44.3 Å². The highest BCUT2D eigenvalue weighted by Crippen LogP contribution is 2.23. The number of hydrogen-bond acceptors (Lipinski definition) is 3. The number of carbonyl (C=O) groups excluding carboxylic acids is 1. The van der Waals surface area contributed by atoms with E-state index in [2.05, 4.69) is 10.3 Å². The Morgan fingerprint density at radius 2 is 2.11 bits per heavy atom. The molecule has 3 N–H and O–H groups in total. The summed E-state index contributed by atoms with van der Waals surface area (Å²) in [5.74, 6) is -0.0409. The third-order valence-electron chi connectivity index (χ3n) is 3.67. The van der Waals surface area contributed by atoms with E-state index in [1.54, 1.807) is 0 Å². The van der Waals surface area contributed by atoms with E-state index in [0.29, 0.717) is 6.04 Å². The summed E-state index contributed by atoms with van der Waals surface area (Å²) in [7, 11) is 0. The number of rotatable bonds is 5. The molecule has 1 amide bonds. The first-order valence-electron chi connectivity index (χ1n) is 6.68. The van der Waals surface area contributed by atoms with Crippen LogP contribution < -0.4 is 11.1 Å². The summed E-state index contributed by atoms with van der Waals surface area (Å²) in [6.45, 7) is 0.947. The number of nitrogens with one attached hydrogen (secondary N) is 1. The number of aromatic nitrogens is 1. The normalized spacial score (nSPS) is 23.8. The van der Waals surface area contributed by atoms with Gasteiger partial charge >= 0.3 is 0 Å². The molecule has 1 aromatic rings. The van der Waals surface area contributed by atoms with E-state index < -0.39 is 0 Å². The van der Waals surface area contributed by atoms with Crippen LogP contribution in [0.3, 0.4) is 0 Å². The molecule has 1 aliphatic rings. The smallest absolute Gasteiger partial charge is 0.220 e. The molecule has 1 fully saturated rings. The van der Waals surface area contributed by atoms with Crippen LogP contribution in [0.15, 0.2) is 24.4 Å². The Bertz CT molecular complexity index is 372. The SMILES string of the molecule is NC(=O)C1CCC(NCCc2ccccn2)CC1. The summed E-state index contributed by atoms with van der Waals surface area (Å²) in [6, 6.07) is 6.53. The van der Waals surface area contributed by atoms with Crippen molar-refractivity contribution in [2.45, 2.75) is 38.1 Å². The minimum Gasteiger partial charge on any atom is -0.369 e. The van der Waals surface area contributed by atoms with Gasteiger partial charge in [0.15, 0.2) is 0 Å². The number of nitrogens with zero attached hydrogens (tertiary/aromatic N) is 1. The number of nitrogens with two attached hydrogens (primary N) is 1. The van der Waals surface area contributed by atoms with Crippen molar-refractivity contribution in [2.75, 3.05) is 6.54 Å². The second kappa shape index (κ2) is 6.50. The van der Waals surface area contributed by atoms with Gasteiger partial charge in [0.25, 0.3) is 0 Å². The molecule has 0 spiro atoms. The summed E-state index contributed by atoms with van der Waals surface area (Å²) in [5, 5.41) is 3.54. The maximum absolute atomic E-state index is 11.1. The lowest BCUT2D eigenvalue weighted by Crippen LogP contribution is -2.37. The molecule has 1 saturated carbocycles. The van der Waals surface area contributed by atoms with E-state index >= 15 is 0 Å². The molecule has 1 aromatic heterocycles. The van der Waals surface area contributed by atoms with Gasteiger partial charge in [-0.25, -0.2) is 0 Å². The van der Waals surface area contributed by atoms with Crippen molar-refractivity contribution < 1.29 is 4.79 Å². The molecule has 0 radical (unpaired) electrons. The molecule has 0 bridgehead atoms. The summed E-state index contributed by atoms with van der Waals surface area (Å²) in [4.78, 5) is 15.3. The minimum atomic E-state index is -0.137. The van der Waals surface area contributed by atoms with Gasteiger partial charge in [-0.15, -0.1) is 0 Å². The standard InChI is InChI=1S/C14H21N3O/c15-14(18)11-4-6-13(7-5-11)17-10-8-12-3-1-2-9-16-12/h1-3,9,11,13,17H,4-8,10H2,(H2,15,18). The van der Waals surface area contributed by atoms with Crippen LogP contribution in [-0.2, 0) is 11.2 Å².